The van der Waals surface area contributed by atoms with E-state index in [9.17, 15) is 0 Å². The van der Waals surface area contributed by atoms with E-state index in [-0.39, 0.29) is 0 Å². The van der Waals surface area contributed by atoms with Gasteiger partial charge in [0.1, 0.15) is 0 Å². The van der Waals surface area contributed by atoms with Crippen LogP contribution in [-0.4, -0.2) is 18.7 Å². The Labute approximate surface area is 272 Å². The lowest BCUT2D eigenvalue weighted by Gasteiger charge is -2.21. The molecule has 2 aliphatic heterocycles. The maximum atomic E-state index is 2.30. The van der Waals surface area contributed by atoms with Gasteiger partial charge in [-0.05, 0) is 71.5 Å². The highest BCUT2D eigenvalue weighted by molar-refractivity contribution is 6.07. The monoisotopic (exact) mass is 597 g/mol. The lowest BCUT2D eigenvalue weighted by Crippen LogP contribution is -2.10. The van der Waals surface area contributed by atoms with Crippen molar-refractivity contribution in [1.82, 2.24) is 4.57 Å². The van der Waals surface area contributed by atoms with Gasteiger partial charge in [0.05, 0.1) is 0 Å². The van der Waals surface area contributed by atoms with E-state index < -0.39 is 0 Å². The van der Waals surface area contributed by atoms with Crippen LogP contribution in [0, 0.1) is 0 Å². The van der Waals surface area contributed by atoms with Gasteiger partial charge in [0.25, 0.3) is 0 Å². The molecule has 9 rings (SSSR count). The summed E-state index contributed by atoms with van der Waals surface area (Å²) in [6, 6.07) is 51.3. The Balaban J connectivity index is 0.000000110. The van der Waals surface area contributed by atoms with Gasteiger partial charge in [-0.3, -0.25) is 0 Å². The highest BCUT2D eigenvalue weighted by atomic mass is 15.1. The summed E-state index contributed by atoms with van der Waals surface area (Å²) in [6.07, 6.45) is 6.63. The zero-order chi connectivity index (χ0) is 31.5. The molecule has 3 nitrogen and oxygen atoms in total. The Kier molecular flexibility index (Phi) is 8.14. The van der Waals surface area contributed by atoms with Crippen LogP contribution in [0.2, 0.25) is 0 Å². The van der Waals surface area contributed by atoms with E-state index in [4.69, 9.17) is 0 Å². The molecular weight excluding hydrogens is 558 g/mol. The lowest BCUT2D eigenvalue weighted by atomic mass is 10.0. The number of rotatable bonds is 0. The number of fused-ring (bicyclic) bond motifs is 7. The molecule has 0 saturated carbocycles. The van der Waals surface area contributed by atoms with Crippen molar-refractivity contribution in [2.24, 2.45) is 7.05 Å². The summed E-state index contributed by atoms with van der Waals surface area (Å²) >= 11 is 0. The topological polar surface area (TPSA) is 11.4 Å². The largest absolute Gasteiger partial charge is 0.344 e. The molecule has 0 aliphatic carbocycles. The fraction of sp³-hybridized carbons (Fsp3) is 0.116. The molecule has 0 amide bonds. The van der Waals surface area contributed by atoms with E-state index >= 15 is 0 Å². The van der Waals surface area contributed by atoms with Crippen LogP contribution in [0.15, 0.2) is 146 Å². The molecule has 0 atom stereocenters. The minimum Gasteiger partial charge on any atom is -0.344 e. The molecule has 0 N–H and O–H groups in total. The van der Waals surface area contributed by atoms with Crippen molar-refractivity contribution in [1.29, 1.82) is 0 Å². The Morgan fingerprint density at radius 3 is 1.20 bits per heavy atom. The number of nitrogens with zero attached hydrogens (tertiary/aromatic N) is 3. The molecule has 46 heavy (non-hydrogen) atoms. The minimum absolute atomic E-state index is 1.14. The third kappa shape index (κ3) is 5.57. The number of anilines is 4. The van der Waals surface area contributed by atoms with Crippen LogP contribution < -0.4 is 9.80 Å². The predicted molar refractivity (Wildman–Crippen MR) is 199 cm³/mol. The van der Waals surface area contributed by atoms with Gasteiger partial charge < -0.3 is 14.4 Å². The fourth-order valence-corrected chi connectivity index (χ4v) is 6.79. The SMILES string of the molecule is CN1c2ccccc2C=Cc2ccccc21.CN1c2ccccc2CCc2ccccc21.Cn1c2ccccc2c2ccccc21. The Morgan fingerprint density at radius 2 is 0.717 bits per heavy atom. The first kappa shape index (κ1) is 29.2. The molecule has 226 valence electrons. The first-order chi connectivity index (χ1) is 22.6. The highest BCUT2D eigenvalue weighted by Gasteiger charge is 2.16. The average Bonchev–Trinajstić information content (AvgIpc) is 3.22. The van der Waals surface area contributed by atoms with E-state index in [1.54, 1.807) is 0 Å². The van der Waals surface area contributed by atoms with Crippen molar-refractivity contribution < 1.29 is 0 Å². The predicted octanol–water partition coefficient (Wildman–Crippen LogP) is 10.8. The highest BCUT2D eigenvalue weighted by Crippen LogP contribution is 2.35. The normalized spacial score (nSPS) is 12.8. The first-order valence-electron chi connectivity index (χ1n) is 16.0. The van der Waals surface area contributed by atoms with Crippen LogP contribution in [0.1, 0.15) is 22.3 Å². The van der Waals surface area contributed by atoms with Crippen LogP contribution in [-0.2, 0) is 19.9 Å². The fourth-order valence-electron chi connectivity index (χ4n) is 6.79. The first-order valence-corrected chi connectivity index (χ1v) is 16.0. The van der Waals surface area contributed by atoms with Gasteiger partial charge in [0, 0.05) is 65.7 Å². The summed E-state index contributed by atoms with van der Waals surface area (Å²) < 4.78 is 2.24. The number of hydrogen-bond donors (Lipinski definition) is 0. The summed E-state index contributed by atoms with van der Waals surface area (Å²) in [5, 5.41) is 2.68. The van der Waals surface area contributed by atoms with E-state index in [2.05, 4.69) is 193 Å². The molecule has 0 unspecified atom stereocenters. The quantitative estimate of drug-likeness (QED) is 0.172. The molecule has 0 saturated heterocycles. The zero-order valence-corrected chi connectivity index (χ0v) is 26.8. The van der Waals surface area contributed by atoms with Gasteiger partial charge in [-0.2, -0.15) is 0 Å². The second-order valence-corrected chi connectivity index (χ2v) is 11.9. The Hall–Kier alpha value is -5.54. The van der Waals surface area contributed by atoms with Crippen LogP contribution >= 0.6 is 0 Å². The standard InChI is InChI=1S/C15H15N.C15H13N.C13H11N/c2*1-16-14-8-4-2-6-12(14)10-11-13-7-3-5-9-15(13)16;1-14-12-8-4-2-6-10(12)11-7-3-5-9-13(11)14/h2-9H,10-11H2,1H3;2-11H,1H3;2-9H,1H3. The number of aromatic nitrogens is 1. The molecule has 2 aliphatic rings. The molecule has 6 aromatic carbocycles. The summed E-state index contributed by atoms with van der Waals surface area (Å²) in [7, 11) is 6.39. The summed E-state index contributed by atoms with van der Waals surface area (Å²) in [5.74, 6) is 0. The van der Waals surface area contributed by atoms with E-state index in [0.29, 0.717) is 0 Å². The number of para-hydroxylation sites is 6. The number of hydrogen-bond acceptors (Lipinski definition) is 2. The van der Waals surface area contributed by atoms with E-state index in [1.807, 2.05) is 0 Å². The van der Waals surface area contributed by atoms with E-state index in [1.165, 1.54) is 66.8 Å². The Morgan fingerprint density at radius 1 is 0.370 bits per heavy atom. The second kappa shape index (κ2) is 12.8. The maximum Gasteiger partial charge on any atom is 0.0488 e. The molecule has 7 aromatic rings. The third-order valence-electron chi connectivity index (χ3n) is 9.23. The molecule has 3 heteroatoms. The maximum absolute atomic E-state index is 2.30. The molecule has 0 radical (unpaired) electrons. The van der Waals surface area contributed by atoms with Crippen molar-refractivity contribution in [3.8, 4) is 0 Å². The molecule has 0 fully saturated rings. The van der Waals surface area contributed by atoms with Gasteiger partial charge in [-0.25, -0.2) is 0 Å². The average molecular weight is 598 g/mol. The van der Waals surface area contributed by atoms with Crippen molar-refractivity contribution >= 4 is 56.7 Å². The van der Waals surface area contributed by atoms with Gasteiger partial charge in [0.2, 0.25) is 0 Å². The minimum atomic E-state index is 1.14. The second-order valence-electron chi connectivity index (χ2n) is 11.9. The van der Waals surface area contributed by atoms with Gasteiger partial charge in [-0.1, -0.05) is 121 Å². The molecule has 1 aromatic heterocycles. The van der Waals surface area contributed by atoms with E-state index in [0.717, 1.165) is 12.8 Å². The van der Waals surface area contributed by atoms with Crippen LogP contribution in [0.5, 0.6) is 0 Å². The van der Waals surface area contributed by atoms with Crippen LogP contribution in [0.4, 0.5) is 22.7 Å². The van der Waals surface area contributed by atoms with Gasteiger partial charge >= 0.3 is 0 Å². The smallest absolute Gasteiger partial charge is 0.0488 e. The van der Waals surface area contributed by atoms with Crippen molar-refractivity contribution in [3.63, 3.8) is 0 Å². The third-order valence-corrected chi connectivity index (χ3v) is 9.23. The lowest BCUT2D eigenvalue weighted by molar-refractivity contribution is 0.977. The van der Waals surface area contributed by atoms with Crippen LogP contribution in [0.3, 0.4) is 0 Å². The zero-order valence-electron chi connectivity index (χ0n) is 26.8. The van der Waals surface area contributed by atoms with Crippen molar-refractivity contribution in [3.05, 3.63) is 168 Å². The summed E-state index contributed by atoms with van der Waals surface area (Å²) in [6.45, 7) is 0. The van der Waals surface area contributed by atoms with Crippen LogP contribution in [0.25, 0.3) is 34.0 Å². The Bertz CT molecular complexity index is 2020. The molecule has 3 heterocycles. The molecular formula is C43H39N3. The number of benzene rings is 6. The number of aryl methyl sites for hydroxylation is 3. The summed E-state index contributed by atoms with van der Waals surface area (Å²) in [4.78, 5) is 4.54. The van der Waals surface area contributed by atoms with Gasteiger partial charge in [0.15, 0.2) is 0 Å². The van der Waals surface area contributed by atoms with Crippen molar-refractivity contribution in [2.75, 3.05) is 23.9 Å². The van der Waals surface area contributed by atoms with Gasteiger partial charge in [-0.15, -0.1) is 0 Å². The molecule has 0 bridgehead atoms. The molecule has 0 spiro atoms. The summed E-state index contributed by atoms with van der Waals surface area (Å²) in [5.41, 5.74) is 13.2. The van der Waals surface area contributed by atoms with Crippen molar-refractivity contribution in [2.45, 2.75) is 12.8 Å².